The second-order valence-electron chi connectivity index (χ2n) is 4.67. The van der Waals surface area contributed by atoms with Gasteiger partial charge in [0.25, 0.3) is 11.8 Å². The second kappa shape index (κ2) is 8.40. The molecule has 7 heteroatoms. The van der Waals surface area contributed by atoms with Crippen LogP contribution in [0.4, 0.5) is 5.69 Å². The molecule has 0 spiro atoms. The molecule has 2 amide bonds. The molecule has 0 radical (unpaired) electrons. The van der Waals surface area contributed by atoms with Crippen molar-refractivity contribution in [2.24, 2.45) is 0 Å². The average Bonchev–Trinajstić information content (AvgIpc) is 2.57. The third-order valence-corrected chi connectivity index (χ3v) is 3.49. The Balaban J connectivity index is 2.04. The van der Waals surface area contributed by atoms with Gasteiger partial charge in [-0.15, -0.1) is 0 Å². The molecule has 0 aliphatic heterocycles. The summed E-state index contributed by atoms with van der Waals surface area (Å²) in [6.45, 7) is 0.813. The third-order valence-electron chi connectivity index (χ3n) is 2.96. The van der Waals surface area contributed by atoms with Crippen LogP contribution >= 0.6 is 15.9 Å². The van der Waals surface area contributed by atoms with Crippen molar-refractivity contribution in [2.75, 3.05) is 25.6 Å². The number of hydrogen-bond acceptors (Lipinski definition) is 4. The molecular formula is C16H16BrN3O3. The fraction of sp³-hybridized carbons (Fsp3) is 0.188. The summed E-state index contributed by atoms with van der Waals surface area (Å²) < 4.78 is 5.79. The van der Waals surface area contributed by atoms with Crippen LogP contribution in [0.25, 0.3) is 0 Å². The van der Waals surface area contributed by atoms with Crippen molar-refractivity contribution in [3.63, 3.8) is 0 Å². The van der Waals surface area contributed by atoms with Gasteiger partial charge in [0.2, 0.25) is 0 Å². The quantitative estimate of drug-likeness (QED) is 0.757. The monoisotopic (exact) mass is 377 g/mol. The van der Waals surface area contributed by atoms with Gasteiger partial charge in [-0.2, -0.15) is 0 Å². The van der Waals surface area contributed by atoms with Crippen LogP contribution in [-0.2, 0) is 4.74 Å². The van der Waals surface area contributed by atoms with Crippen molar-refractivity contribution in [3.8, 4) is 0 Å². The molecule has 0 unspecified atom stereocenters. The highest BCUT2D eigenvalue weighted by Crippen LogP contribution is 2.15. The lowest BCUT2D eigenvalue weighted by molar-refractivity contribution is 0.0936. The molecule has 1 aromatic heterocycles. The molecule has 2 aromatic rings. The van der Waals surface area contributed by atoms with Crippen LogP contribution < -0.4 is 10.6 Å². The first-order chi connectivity index (χ1) is 11.1. The number of carbonyl (C=O) groups is 2. The lowest BCUT2D eigenvalue weighted by Crippen LogP contribution is -2.27. The standard InChI is InChI=1S/C16H16BrN3O3/c1-23-7-6-19-15(21)11-8-12(10-18-9-11)16(22)20-14-4-2-13(17)3-5-14/h2-5,8-10H,6-7H2,1H3,(H,19,21)(H,20,22). The smallest absolute Gasteiger partial charge is 0.257 e. The van der Waals surface area contributed by atoms with Gasteiger partial charge in [-0.05, 0) is 30.3 Å². The summed E-state index contributed by atoms with van der Waals surface area (Å²) in [6.07, 6.45) is 2.83. The Morgan fingerprint density at radius 2 is 1.78 bits per heavy atom. The number of halogens is 1. The Bertz CT molecular complexity index is 689. The van der Waals surface area contributed by atoms with E-state index in [0.29, 0.717) is 30.0 Å². The molecule has 120 valence electrons. The highest BCUT2D eigenvalue weighted by Gasteiger charge is 2.11. The van der Waals surface area contributed by atoms with Crippen molar-refractivity contribution in [1.82, 2.24) is 10.3 Å². The van der Waals surface area contributed by atoms with Gasteiger partial charge in [0.05, 0.1) is 17.7 Å². The first kappa shape index (κ1) is 17.1. The van der Waals surface area contributed by atoms with E-state index in [4.69, 9.17) is 4.74 Å². The van der Waals surface area contributed by atoms with Crippen LogP contribution in [-0.4, -0.2) is 37.1 Å². The van der Waals surface area contributed by atoms with Gasteiger partial charge in [-0.1, -0.05) is 15.9 Å². The first-order valence-electron chi connectivity index (χ1n) is 6.89. The molecule has 2 rings (SSSR count). The number of amides is 2. The van der Waals surface area contributed by atoms with Crippen molar-refractivity contribution in [3.05, 3.63) is 58.3 Å². The summed E-state index contributed by atoms with van der Waals surface area (Å²) in [6, 6.07) is 8.71. The SMILES string of the molecule is COCCNC(=O)c1cncc(C(=O)Nc2ccc(Br)cc2)c1. The molecule has 0 aliphatic rings. The number of anilines is 1. The molecular weight excluding hydrogens is 362 g/mol. The fourth-order valence-corrected chi connectivity index (χ4v) is 2.06. The van der Waals surface area contributed by atoms with Crippen molar-refractivity contribution < 1.29 is 14.3 Å². The number of methoxy groups -OCH3 is 1. The largest absolute Gasteiger partial charge is 0.383 e. The average molecular weight is 378 g/mol. The Hall–Kier alpha value is -2.25. The number of hydrogen-bond donors (Lipinski definition) is 2. The van der Waals surface area contributed by atoms with Crippen molar-refractivity contribution in [1.29, 1.82) is 0 Å². The van der Waals surface area contributed by atoms with Gasteiger partial charge >= 0.3 is 0 Å². The Morgan fingerprint density at radius 3 is 2.43 bits per heavy atom. The number of nitrogens with one attached hydrogen (secondary N) is 2. The molecule has 0 aliphatic carbocycles. The Labute approximate surface area is 142 Å². The summed E-state index contributed by atoms with van der Waals surface area (Å²) in [5.41, 5.74) is 1.30. The number of rotatable bonds is 6. The minimum absolute atomic E-state index is 0.298. The minimum atomic E-state index is -0.327. The zero-order chi connectivity index (χ0) is 16.7. The Kier molecular flexibility index (Phi) is 6.25. The van der Waals surface area contributed by atoms with Gasteiger partial charge in [0, 0.05) is 36.2 Å². The molecule has 0 saturated heterocycles. The van der Waals surface area contributed by atoms with Crippen LogP contribution in [0.5, 0.6) is 0 Å². The molecule has 1 aromatic carbocycles. The molecule has 0 saturated carbocycles. The van der Waals surface area contributed by atoms with Gasteiger partial charge in [0.15, 0.2) is 0 Å². The molecule has 6 nitrogen and oxygen atoms in total. The number of carbonyl (C=O) groups excluding carboxylic acids is 2. The number of nitrogens with zero attached hydrogens (tertiary/aromatic N) is 1. The maximum absolute atomic E-state index is 12.2. The van der Waals surface area contributed by atoms with Gasteiger partial charge in [-0.25, -0.2) is 0 Å². The summed E-state index contributed by atoms with van der Waals surface area (Å²) >= 11 is 3.33. The molecule has 1 heterocycles. The summed E-state index contributed by atoms with van der Waals surface area (Å²) in [7, 11) is 1.56. The molecule has 0 fully saturated rings. The van der Waals surface area contributed by atoms with E-state index in [2.05, 4.69) is 31.5 Å². The number of pyridine rings is 1. The van der Waals surface area contributed by atoms with E-state index in [-0.39, 0.29) is 11.8 Å². The van der Waals surface area contributed by atoms with E-state index in [1.807, 2.05) is 12.1 Å². The highest BCUT2D eigenvalue weighted by atomic mass is 79.9. The van der Waals surface area contributed by atoms with E-state index < -0.39 is 0 Å². The van der Waals surface area contributed by atoms with E-state index in [1.54, 1.807) is 19.2 Å². The molecule has 23 heavy (non-hydrogen) atoms. The summed E-state index contributed by atoms with van der Waals surface area (Å²) in [5.74, 6) is -0.626. The minimum Gasteiger partial charge on any atom is -0.383 e. The van der Waals surface area contributed by atoms with Crippen LogP contribution in [0.3, 0.4) is 0 Å². The van der Waals surface area contributed by atoms with E-state index in [9.17, 15) is 9.59 Å². The predicted molar refractivity (Wildman–Crippen MR) is 90.5 cm³/mol. The van der Waals surface area contributed by atoms with E-state index in [1.165, 1.54) is 18.5 Å². The maximum Gasteiger partial charge on any atom is 0.257 e. The molecule has 0 atom stereocenters. The van der Waals surface area contributed by atoms with Crippen LogP contribution in [0, 0.1) is 0 Å². The summed E-state index contributed by atoms with van der Waals surface area (Å²) in [5, 5.41) is 5.43. The lowest BCUT2D eigenvalue weighted by atomic mass is 10.2. The topological polar surface area (TPSA) is 80.3 Å². The third kappa shape index (κ3) is 5.15. The van der Waals surface area contributed by atoms with Crippen LogP contribution in [0.2, 0.25) is 0 Å². The first-order valence-corrected chi connectivity index (χ1v) is 7.68. The number of ether oxygens (including phenoxy) is 1. The van der Waals surface area contributed by atoms with E-state index in [0.717, 1.165) is 4.47 Å². The van der Waals surface area contributed by atoms with Gasteiger partial charge < -0.3 is 15.4 Å². The molecule has 0 bridgehead atoms. The number of aromatic nitrogens is 1. The zero-order valence-electron chi connectivity index (χ0n) is 12.5. The van der Waals surface area contributed by atoms with Crippen molar-refractivity contribution >= 4 is 33.4 Å². The maximum atomic E-state index is 12.2. The van der Waals surface area contributed by atoms with Crippen LogP contribution in [0.1, 0.15) is 20.7 Å². The second-order valence-corrected chi connectivity index (χ2v) is 5.59. The van der Waals surface area contributed by atoms with Gasteiger partial charge in [-0.3, -0.25) is 14.6 Å². The highest BCUT2D eigenvalue weighted by molar-refractivity contribution is 9.10. The normalized spacial score (nSPS) is 10.2. The predicted octanol–water partition coefficient (Wildman–Crippen LogP) is 2.47. The summed E-state index contributed by atoms with van der Waals surface area (Å²) in [4.78, 5) is 28.1. The molecule has 2 N–H and O–H groups in total. The fourth-order valence-electron chi connectivity index (χ4n) is 1.79. The Morgan fingerprint density at radius 1 is 1.13 bits per heavy atom. The van der Waals surface area contributed by atoms with Gasteiger partial charge in [0.1, 0.15) is 0 Å². The lowest BCUT2D eigenvalue weighted by Gasteiger charge is -2.07. The van der Waals surface area contributed by atoms with E-state index >= 15 is 0 Å². The van der Waals surface area contributed by atoms with Crippen LogP contribution in [0.15, 0.2) is 47.2 Å². The zero-order valence-corrected chi connectivity index (χ0v) is 14.1. The number of benzene rings is 1. The van der Waals surface area contributed by atoms with Crippen molar-refractivity contribution in [2.45, 2.75) is 0 Å².